The molecule has 0 fully saturated rings. The molecule has 0 saturated carbocycles. The third-order valence-electron chi connectivity index (χ3n) is 5.23. The van der Waals surface area contributed by atoms with Crippen LogP contribution < -0.4 is 10.1 Å². The predicted molar refractivity (Wildman–Crippen MR) is 113 cm³/mol. The summed E-state index contributed by atoms with van der Waals surface area (Å²) in [5.41, 5.74) is 4.39. The van der Waals surface area contributed by atoms with Gasteiger partial charge in [-0.05, 0) is 69.0 Å². The smallest absolute Gasteiger partial charge is 0.254 e. The van der Waals surface area contributed by atoms with Crippen LogP contribution in [0.3, 0.4) is 0 Å². The van der Waals surface area contributed by atoms with Crippen molar-refractivity contribution < 1.29 is 14.3 Å². The summed E-state index contributed by atoms with van der Waals surface area (Å²) in [6.07, 6.45) is 0.755. The van der Waals surface area contributed by atoms with Gasteiger partial charge in [-0.25, -0.2) is 0 Å². The molecule has 0 spiro atoms. The molecule has 1 atom stereocenters. The molecule has 1 unspecified atom stereocenters. The Balaban J connectivity index is 2.22. The largest absolute Gasteiger partial charge is 0.496 e. The van der Waals surface area contributed by atoms with E-state index in [0.717, 1.165) is 28.8 Å². The number of amides is 2. The van der Waals surface area contributed by atoms with Crippen LogP contribution in [0.1, 0.15) is 47.3 Å². The van der Waals surface area contributed by atoms with Gasteiger partial charge >= 0.3 is 0 Å². The molecule has 2 amide bonds. The molecule has 5 nitrogen and oxygen atoms in total. The topological polar surface area (TPSA) is 58.6 Å². The minimum Gasteiger partial charge on any atom is -0.496 e. The highest BCUT2D eigenvalue weighted by Crippen LogP contribution is 2.22. The fourth-order valence-electron chi connectivity index (χ4n) is 3.00. The summed E-state index contributed by atoms with van der Waals surface area (Å²) < 4.78 is 5.34. The zero-order valence-corrected chi connectivity index (χ0v) is 17.6. The lowest BCUT2D eigenvalue weighted by Gasteiger charge is -2.28. The van der Waals surface area contributed by atoms with Gasteiger partial charge in [0.1, 0.15) is 12.3 Å². The number of nitrogens with one attached hydrogen (secondary N) is 1. The summed E-state index contributed by atoms with van der Waals surface area (Å²) in [5.74, 6) is 0.278. The van der Waals surface area contributed by atoms with Crippen LogP contribution in [0.15, 0.2) is 36.4 Å². The summed E-state index contributed by atoms with van der Waals surface area (Å²) in [6, 6.07) is 11.1. The van der Waals surface area contributed by atoms with E-state index >= 15 is 0 Å². The van der Waals surface area contributed by atoms with Gasteiger partial charge in [0, 0.05) is 17.3 Å². The lowest BCUT2D eigenvalue weighted by atomic mass is 10.1. The Morgan fingerprint density at radius 3 is 2.46 bits per heavy atom. The third-order valence-corrected chi connectivity index (χ3v) is 5.23. The highest BCUT2D eigenvalue weighted by molar-refractivity contribution is 6.00. The summed E-state index contributed by atoms with van der Waals surface area (Å²) in [5, 5.41) is 2.94. The van der Waals surface area contributed by atoms with E-state index in [1.807, 2.05) is 58.9 Å². The first kappa shape index (κ1) is 21.5. The van der Waals surface area contributed by atoms with Crippen LogP contribution in [0, 0.1) is 20.8 Å². The molecule has 5 heteroatoms. The lowest BCUT2D eigenvalue weighted by Crippen LogP contribution is -2.43. The van der Waals surface area contributed by atoms with E-state index < -0.39 is 0 Å². The Hall–Kier alpha value is -2.82. The minimum atomic E-state index is -0.207. The van der Waals surface area contributed by atoms with E-state index in [1.165, 1.54) is 0 Å². The van der Waals surface area contributed by atoms with Crippen molar-refractivity contribution in [3.63, 3.8) is 0 Å². The Morgan fingerprint density at radius 1 is 1.11 bits per heavy atom. The van der Waals surface area contributed by atoms with Crippen molar-refractivity contribution in [1.29, 1.82) is 0 Å². The number of ether oxygens (including phenoxy) is 1. The number of anilines is 1. The average Bonchev–Trinajstić information content (AvgIpc) is 2.69. The number of carbonyl (C=O) groups excluding carboxylic acids is 2. The van der Waals surface area contributed by atoms with E-state index in [1.54, 1.807) is 24.1 Å². The van der Waals surface area contributed by atoms with Crippen LogP contribution in [-0.2, 0) is 4.79 Å². The van der Waals surface area contributed by atoms with Gasteiger partial charge < -0.3 is 15.0 Å². The van der Waals surface area contributed by atoms with Crippen LogP contribution in [0.2, 0.25) is 0 Å². The Bertz CT molecular complexity index is 861. The van der Waals surface area contributed by atoms with Gasteiger partial charge in [0.25, 0.3) is 5.91 Å². The van der Waals surface area contributed by atoms with E-state index in [9.17, 15) is 9.59 Å². The molecule has 0 aliphatic carbocycles. The second-order valence-corrected chi connectivity index (χ2v) is 7.17. The molecule has 0 aliphatic rings. The number of methoxy groups -OCH3 is 1. The molecule has 0 heterocycles. The van der Waals surface area contributed by atoms with Crippen molar-refractivity contribution in [3.8, 4) is 5.75 Å². The van der Waals surface area contributed by atoms with E-state index in [2.05, 4.69) is 5.32 Å². The first-order chi connectivity index (χ1) is 13.3. The molecule has 0 radical (unpaired) electrons. The molecule has 28 heavy (non-hydrogen) atoms. The van der Waals surface area contributed by atoms with Crippen molar-refractivity contribution in [2.45, 2.75) is 47.1 Å². The highest BCUT2D eigenvalue weighted by Gasteiger charge is 2.24. The monoisotopic (exact) mass is 382 g/mol. The molecule has 0 saturated heterocycles. The van der Waals surface area contributed by atoms with Crippen LogP contribution in [-0.4, -0.2) is 36.4 Å². The molecule has 1 N–H and O–H groups in total. The van der Waals surface area contributed by atoms with Crippen molar-refractivity contribution in [2.24, 2.45) is 0 Å². The first-order valence-corrected chi connectivity index (χ1v) is 9.60. The van der Waals surface area contributed by atoms with Crippen molar-refractivity contribution in [2.75, 3.05) is 19.0 Å². The third kappa shape index (κ3) is 4.91. The SMILES string of the molecule is CCC(C)N(CC(=O)Nc1cccc(C)c1C)C(=O)c1ccc(C)c(OC)c1. The second kappa shape index (κ2) is 9.40. The van der Waals surface area contributed by atoms with Gasteiger partial charge in [0.2, 0.25) is 5.91 Å². The van der Waals surface area contributed by atoms with Crippen molar-refractivity contribution in [3.05, 3.63) is 58.7 Å². The standard InChI is InChI=1S/C23H30N2O3/c1-7-17(4)25(23(27)19-12-11-16(3)21(13-19)28-6)14-22(26)24-20-10-8-9-15(2)18(20)5/h8-13,17H,7,14H2,1-6H3,(H,24,26). The molecular weight excluding hydrogens is 352 g/mol. The molecule has 0 aliphatic heterocycles. The summed E-state index contributed by atoms with van der Waals surface area (Å²) in [6.45, 7) is 9.86. The van der Waals surface area contributed by atoms with Crippen molar-refractivity contribution >= 4 is 17.5 Å². The Labute approximate surface area is 167 Å². The summed E-state index contributed by atoms with van der Waals surface area (Å²) in [7, 11) is 1.58. The molecular formula is C23H30N2O3. The quantitative estimate of drug-likeness (QED) is 0.767. The number of benzene rings is 2. The van der Waals surface area contributed by atoms with E-state index in [0.29, 0.717) is 11.3 Å². The maximum Gasteiger partial charge on any atom is 0.254 e. The van der Waals surface area contributed by atoms with Gasteiger partial charge in [-0.1, -0.05) is 25.1 Å². The van der Waals surface area contributed by atoms with Gasteiger partial charge in [-0.3, -0.25) is 9.59 Å². The fraction of sp³-hybridized carbons (Fsp3) is 0.391. The number of nitrogens with zero attached hydrogens (tertiary/aromatic N) is 1. The molecule has 2 aromatic carbocycles. The van der Waals surface area contributed by atoms with Gasteiger partial charge in [-0.2, -0.15) is 0 Å². The highest BCUT2D eigenvalue weighted by atomic mass is 16.5. The Morgan fingerprint density at radius 2 is 1.82 bits per heavy atom. The normalized spacial score (nSPS) is 11.6. The molecule has 2 aromatic rings. The predicted octanol–water partition coefficient (Wildman–Crippen LogP) is 4.50. The maximum absolute atomic E-state index is 13.1. The molecule has 2 rings (SSSR count). The number of hydrogen-bond donors (Lipinski definition) is 1. The summed E-state index contributed by atoms with van der Waals surface area (Å²) in [4.78, 5) is 27.4. The van der Waals surface area contributed by atoms with Crippen molar-refractivity contribution in [1.82, 2.24) is 4.90 Å². The first-order valence-electron chi connectivity index (χ1n) is 9.60. The van der Waals surface area contributed by atoms with Crippen LogP contribution in [0.5, 0.6) is 5.75 Å². The zero-order chi connectivity index (χ0) is 20.8. The van der Waals surface area contributed by atoms with Gasteiger partial charge in [0.05, 0.1) is 7.11 Å². The van der Waals surface area contributed by atoms with Gasteiger partial charge in [0.15, 0.2) is 0 Å². The zero-order valence-electron chi connectivity index (χ0n) is 17.6. The molecule has 0 aromatic heterocycles. The summed E-state index contributed by atoms with van der Waals surface area (Å²) >= 11 is 0. The van der Waals surface area contributed by atoms with Crippen LogP contribution in [0.25, 0.3) is 0 Å². The fourth-order valence-corrected chi connectivity index (χ4v) is 3.00. The van der Waals surface area contributed by atoms with Gasteiger partial charge in [-0.15, -0.1) is 0 Å². The lowest BCUT2D eigenvalue weighted by molar-refractivity contribution is -0.117. The number of rotatable bonds is 7. The van der Waals surface area contributed by atoms with E-state index in [-0.39, 0.29) is 24.4 Å². The van der Waals surface area contributed by atoms with E-state index in [4.69, 9.17) is 4.74 Å². The number of carbonyl (C=O) groups is 2. The number of aryl methyl sites for hydroxylation is 2. The molecule has 0 bridgehead atoms. The number of hydrogen-bond acceptors (Lipinski definition) is 3. The minimum absolute atomic E-state index is 0.00257. The maximum atomic E-state index is 13.1. The van der Waals surface area contributed by atoms with Crippen LogP contribution >= 0.6 is 0 Å². The van der Waals surface area contributed by atoms with Crippen LogP contribution in [0.4, 0.5) is 5.69 Å². The molecule has 150 valence electrons. The average molecular weight is 383 g/mol. The second-order valence-electron chi connectivity index (χ2n) is 7.17. The Kier molecular flexibility index (Phi) is 7.21.